The summed E-state index contributed by atoms with van der Waals surface area (Å²) in [6.45, 7) is 6.01. The first-order chi connectivity index (χ1) is 6.92. The van der Waals surface area contributed by atoms with Crippen molar-refractivity contribution in [1.82, 2.24) is 10.2 Å². The van der Waals surface area contributed by atoms with Crippen LogP contribution < -0.4 is 5.32 Å². The van der Waals surface area contributed by atoms with Crippen LogP contribution in [0.5, 0.6) is 0 Å². The van der Waals surface area contributed by atoms with E-state index in [1.807, 2.05) is 0 Å². The number of hydrogen-bond acceptors (Lipinski definition) is 2. The Morgan fingerprint density at radius 1 is 1.14 bits per heavy atom. The molecule has 74 valence electrons. The molecule has 0 bridgehead atoms. The van der Waals surface area contributed by atoms with Crippen molar-refractivity contribution in [3.8, 4) is 0 Å². The Morgan fingerprint density at radius 3 is 2.29 bits per heavy atom. The van der Waals surface area contributed by atoms with Gasteiger partial charge in [-0.05, 0) is 17.0 Å². The van der Waals surface area contributed by atoms with E-state index in [4.69, 9.17) is 0 Å². The molecule has 0 radical (unpaired) electrons. The maximum Gasteiger partial charge on any atom is 0.0240 e. The van der Waals surface area contributed by atoms with Gasteiger partial charge in [0.15, 0.2) is 0 Å². The summed E-state index contributed by atoms with van der Waals surface area (Å²) >= 11 is 0. The predicted molar refractivity (Wildman–Crippen MR) is 56.9 cm³/mol. The van der Waals surface area contributed by atoms with Crippen LogP contribution in [0.1, 0.15) is 11.1 Å². The Labute approximate surface area is 84.9 Å². The standard InChI is InChI=1S/C12H16N2/c1-2-4-12-9-14(8-11(12)3-1)7-10-5-13-6-10/h1-4,10,13H,5-9H2. The van der Waals surface area contributed by atoms with Gasteiger partial charge in [0.2, 0.25) is 0 Å². The molecule has 0 unspecified atom stereocenters. The normalized spacial score (nSPS) is 22.0. The summed E-state index contributed by atoms with van der Waals surface area (Å²) in [7, 11) is 0. The van der Waals surface area contributed by atoms with Crippen LogP contribution in [0.4, 0.5) is 0 Å². The van der Waals surface area contributed by atoms with Gasteiger partial charge in [0.1, 0.15) is 0 Å². The Bertz CT molecular complexity index is 306. The highest BCUT2D eigenvalue weighted by Gasteiger charge is 2.24. The highest BCUT2D eigenvalue weighted by molar-refractivity contribution is 5.30. The molecule has 0 saturated carbocycles. The zero-order valence-electron chi connectivity index (χ0n) is 8.37. The quantitative estimate of drug-likeness (QED) is 0.750. The van der Waals surface area contributed by atoms with E-state index in [1.165, 1.54) is 30.8 Å². The summed E-state index contributed by atoms with van der Waals surface area (Å²) in [6, 6.07) is 8.81. The second kappa shape index (κ2) is 3.37. The number of fused-ring (bicyclic) bond motifs is 1. The lowest BCUT2D eigenvalue weighted by atomic mass is 10.0. The molecule has 1 aromatic carbocycles. The summed E-state index contributed by atoms with van der Waals surface area (Å²) in [5, 5.41) is 3.33. The molecule has 2 aliphatic heterocycles. The molecule has 0 aromatic heterocycles. The molecule has 1 N–H and O–H groups in total. The minimum Gasteiger partial charge on any atom is -0.316 e. The van der Waals surface area contributed by atoms with Gasteiger partial charge in [-0.1, -0.05) is 24.3 Å². The third-order valence-electron chi connectivity index (χ3n) is 3.29. The first kappa shape index (κ1) is 8.45. The van der Waals surface area contributed by atoms with E-state index in [2.05, 4.69) is 34.5 Å². The fraction of sp³-hybridized carbons (Fsp3) is 0.500. The van der Waals surface area contributed by atoms with Crippen LogP contribution in [0.3, 0.4) is 0 Å². The van der Waals surface area contributed by atoms with Gasteiger partial charge in [0.25, 0.3) is 0 Å². The first-order valence-electron chi connectivity index (χ1n) is 5.41. The first-order valence-corrected chi connectivity index (χ1v) is 5.41. The zero-order chi connectivity index (χ0) is 9.38. The maximum atomic E-state index is 3.33. The fourth-order valence-corrected chi connectivity index (χ4v) is 2.38. The van der Waals surface area contributed by atoms with Crippen molar-refractivity contribution < 1.29 is 0 Å². The van der Waals surface area contributed by atoms with Crippen LogP contribution in [0.25, 0.3) is 0 Å². The summed E-state index contributed by atoms with van der Waals surface area (Å²) in [6.07, 6.45) is 0. The number of hydrogen-bond donors (Lipinski definition) is 1. The van der Waals surface area contributed by atoms with E-state index in [0.717, 1.165) is 19.0 Å². The summed E-state index contributed by atoms with van der Waals surface area (Å²) in [4.78, 5) is 2.57. The molecule has 2 heteroatoms. The monoisotopic (exact) mass is 188 g/mol. The van der Waals surface area contributed by atoms with Crippen molar-refractivity contribution in [2.24, 2.45) is 5.92 Å². The molecule has 0 spiro atoms. The zero-order valence-corrected chi connectivity index (χ0v) is 8.37. The summed E-state index contributed by atoms with van der Waals surface area (Å²) in [5.41, 5.74) is 3.06. The average molecular weight is 188 g/mol. The molecule has 3 rings (SSSR count). The molecule has 0 atom stereocenters. The Morgan fingerprint density at radius 2 is 1.79 bits per heavy atom. The van der Waals surface area contributed by atoms with Gasteiger partial charge in [0, 0.05) is 32.7 Å². The van der Waals surface area contributed by atoms with Crippen LogP contribution in [0.2, 0.25) is 0 Å². The molecule has 1 saturated heterocycles. The van der Waals surface area contributed by atoms with Gasteiger partial charge in [-0.3, -0.25) is 4.90 Å². The van der Waals surface area contributed by atoms with Crippen LogP contribution in [-0.4, -0.2) is 24.5 Å². The van der Waals surface area contributed by atoms with E-state index in [9.17, 15) is 0 Å². The van der Waals surface area contributed by atoms with Gasteiger partial charge in [-0.15, -0.1) is 0 Å². The van der Waals surface area contributed by atoms with Crippen LogP contribution in [-0.2, 0) is 13.1 Å². The SMILES string of the molecule is c1ccc2c(c1)CN(CC1CNC1)C2. The molecule has 2 nitrogen and oxygen atoms in total. The van der Waals surface area contributed by atoms with Crippen LogP contribution in [0.15, 0.2) is 24.3 Å². The van der Waals surface area contributed by atoms with Crippen LogP contribution >= 0.6 is 0 Å². The molecule has 1 fully saturated rings. The fourth-order valence-electron chi connectivity index (χ4n) is 2.38. The minimum absolute atomic E-state index is 0.893. The minimum atomic E-state index is 0.893. The van der Waals surface area contributed by atoms with Crippen molar-refractivity contribution in [3.63, 3.8) is 0 Å². The lowest BCUT2D eigenvalue weighted by Gasteiger charge is -2.30. The molecule has 0 amide bonds. The number of benzene rings is 1. The lowest BCUT2D eigenvalue weighted by Crippen LogP contribution is -2.47. The largest absolute Gasteiger partial charge is 0.316 e. The topological polar surface area (TPSA) is 15.3 Å². The highest BCUT2D eigenvalue weighted by Crippen LogP contribution is 2.23. The maximum absolute atomic E-state index is 3.33. The molecule has 2 heterocycles. The molecule has 1 aromatic rings. The van der Waals surface area contributed by atoms with Crippen molar-refractivity contribution in [2.75, 3.05) is 19.6 Å². The van der Waals surface area contributed by atoms with Crippen molar-refractivity contribution in [1.29, 1.82) is 0 Å². The Balaban J connectivity index is 1.66. The number of nitrogens with one attached hydrogen (secondary N) is 1. The summed E-state index contributed by atoms with van der Waals surface area (Å²) < 4.78 is 0. The summed E-state index contributed by atoms with van der Waals surface area (Å²) in [5.74, 6) is 0.893. The van der Waals surface area contributed by atoms with E-state index in [0.29, 0.717) is 0 Å². The third-order valence-corrected chi connectivity index (χ3v) is 3.29. The predicted octanol–water partition coefficient (Wildman–Crippen LogP) is 1.22. The molecule has 0 aliphatic carbocycles. The van der Waals surface area contributed by atoms with Crippen molar-refractivity contribution >= 4 is 0 Å². The van der Waals surface area contributed by atoms with Crippen molar-refractivity contribution in [3.05, 3.63) is 35.4 Å². The van der Waals surface area contributed by atoms with Gasteiger partial charge in [-0.25, -0.2) is 0 Å². The van der Waals surface area contributed by atoms with E-state index >= 15 is 0 Å². The van der Waals surface area contributed by atoms with E-state index in [-0.39, 0.29) is 0 Å². The molecular formula is C12H16N2. The lowest BCUT2D eigenvalue weighted by molar-refractivity contribution is 0.195. The van der Waals surface area contributed by atoms with Crippen molar-refractivity contribution in [2.45, 2.75) is 13.1 Å². The van der Waals surface area contributed by atoms with Gasteiger partial charge >= 0.3 is 0 Å². The highest BCUT2D eigenvalue weighted by atomic mass is 15.2. The molecular weight excluding hydrogens is 172 g/mol. The smallest absolute Gasteiger partial charge is 0.0240 e. The van der Waals surface area contributed by atoms with E-state index < -0.39 is 0 Å². The third kappa shape index (κ3) is 1.45. The van der Waals surface area contributed by atoms with Gasteiger partial charge < -0.3 is 5.32 Å². The second-order valence-electron chi connectivity index (χ2n) is 4.46. The second-order valence-corrected chi connectivity index (χ2v) is 4.46. The number of rotatable bonds is 2. The Hall–Kier alpha value is -0.860. The molecule has 14 heavy (non-hydrogen) atoms. The van der Waals surface area contributed by atoms with Crippen LogP contribution in [0, 0.1) is 5.92 Å². The van der Waals surface area contributed by atoms with E-state index in [1.54, 1.807) is 0 Å². The Kier molecular flexibility index (Phi) is 2.03. The molecule has 2 aliphatic rings. The average Bonchev–Trinajstić information content (AvgIpc) is 2.53. The van der Waals surface area contributed by atoms with Gasteiger partial charge in [-0.2, -0.15) is 0 Å². The van der Waals surface area contributed by atoms with Gasteiger partial charge in [0.05, 0.1) is 0 Å². The number of nitrogens with zero attached hydrogens (tertiary/aromatic N) is 1.